The van der Waals surface area contributed by atoms with Gasteiger partial charge in [-0.05, 0) is 20.3 Å². The van der Waals surface area contributed by atoms with Crippen molar-refractivity contribution in [1.82, 2.24) is 9.88 Å². The molecule has 1 aromatic heterocycles. The molecule has 0 spiro atoms. The highest BCUT2D eigenvalue weighted by Gasteiger charge is 2.24. The van der Waals surface area contributed by atoms with Crippen molar-refractivity contribution < 1.29 is 5.11 Å². The third kappa shape index (κ3) is 3.18. The maximum absolute atomic E-state index is 8.85. The fraction of sp³-hybridized carbons (Fsp3) is 0.750. The number of aromatic nitrogens is 1. The second kappa shape index (κ2) is 5.80. The summed E-state index contributed by atoms with van der Waals surface area (Å²) < 4.78 is 0. The zero-order valence-electron chi connectivity index (χ0n) is 10.6. The lowest BCUT2D eigenvalue weighted by molar-refractivity contribution is 0.199. The van der Waals surface area contributed by atoms with E-state index in [1.54, 1.807) is 11.3 Å². The fourth-order valence-corrected chi connectivity index (χ4v) is 3.22. The molecule has 1 aromatic rings. The van der Waals surface area contributed by atoms with Gasteiger partial charge < -0.3 is 10.0 Å². The second-order valence-corrected chi connectivity index (χ2v) is 5.53. The topological polar surface area (TPSA) is 39.6 Å². The summed E-state index contributed by atoms with van der Waals surface area (Å²) in [6, 6.07) is 0.507. The van der Waals surface area contributed by atoms with Gasteiger partial charge in [-0.2, -0.15) is 0 Å². The molecule has 0 amide bonds. The Kier molecular flexibility index (Phi) is 4.36. The fourth-order valence-electron chi connectivity index (χ4n) is 2.29. The highest BCUT2D eigenvalue weighted by Crippen LogP contribution is 2.24. The summed E-state index contributed by atoms with van der Waals surface area (Å²) in [4.78, 5) is 9.38. The molecular weight excluding hydrogens is 234 g/mol. The molecule has 0 radical (unpaired) electrons. The van der Waals surface area contributed by atoms with Crippen LogP contribution in [0, 0.1) is 6.92 Å². The number of aliphatic hydroxyl groups is 1. The molecule has 2 rings (SSSR count). The van der Waals surface area contributed by atoms with Gasteiger partial charge in [0.15, 0.2) is 5.13 Å². The van der Waals surface area contributed by atoms with Crippen LogP contribution < -0.4 is 4.90 Å². The maximum atomic E-state index is 8.85. The monoisotopic (exact) mass is 255 g/mol. The van der Waals surface area contributed by atoms with Crippen LogP contribution >= 0.6 is 11.3 Å². The zero-order chi connectivity index (χ0) is 12.3. The molecule has 1 aliphatic rings. The summed E-state index contributed by atoms with van der Waals surface area (Å²) in [5.74, 6) is 0. The van der Waals surface area contributed by atoms with E-state index in [1.807, 2.05) is 6.92 Å². The van der Waals surface area contributed by atoms with Crippen molar-refractivity contribution in [2.24, 2.45) is 0 Å². The van der Waals surface area contributed by atoms with Crippen molar-refractivity contribution in [3.63, 3.8) is 0 Å². The molecule has 0 bridgehead atoms. The van der Waals surface area contributed by atoms with Crippen molar-refractivity contribution >= 4 is 16.5 Å². The van der Waals surface area contributed by atoms with E-state index in [4.69, 9.17) is 5.11 Å². The van der Waals surface area contributed by atoms with E-state index in [-0.39, 0.29) is 0 Å². The molecule has 4 nitrogen and oxygen atoms in total. The van der Waals surface area contributed by atoms with Crippen LogP contribution in [-0.2, 0) is 0 Å². The zero-order valence-corrected chi connectivity index (χ0v) is 11.4. The number of anilines is 1. The van der Waals surface area contributed by atoms with E-state index in [0.717, 1.165) is 43.4 Å². The Morgan fingerprint density at radius 3 is 2.94 bits per heavy atom. The van der Waals surface area contributed by atoms with Crippen LogP contribution in [0.5, 0.6) is 0 Å². The van der Waals surface area contributed by atoms with E-state index in [2.05, 4.69) is 27.1 Å². The number of rotatable bonds is 4. The predicted octanol–water partition coefficient (Wildman–Crippen LogP) is 1.34. The van der Waals surface area contributed by atoms with Gasteiger partial charge in [-0.15, -0.1) is 11.3 Å². The third-order valence-electron chi connectivity index (χ3n) is 3.20. The minimum Gasteiger partial charge on any atom is -0.396 e. The molecule has 2 heterocycles. The van der Waals surface area contributed by atoms with E-state index in [0.29, 0.717) is 12.6 Å². The standard InChI is InChI=1S/C12H21N3OS/c1-10-9-17-12(13-10)15-6-5-14(4-3-7-16)8-11(15)2/h9,11,16H,3-8H2,1-2H3/t11-/m1/s1. The molecule has 0 saturated carbocycles. The van der Waals surface area contributed by atoms with Crippen LogP contribution in [0.15, 0.2) is 5.38 Å². The molecule has 1 saturated heterocycles. The number of hydrogen-bond donors (Lipinski definition) is 1. The number of thiazole rings is 1. The number of hydrogen-bond acceptors (Lipinski definition) is 5. The van der Waals surface area contributed by atoms with Crippen LogP contribution in [0.4, 0.5) is 5.13 Å². The minimum absolute atomic E-state index is 0.292. The molecule has 1 fully saturated rings. The van der Waals surface area contributed by atoms with Gasteiger partial charge in [-0.1, -0.05) is 0 Å². The van der Waals surface area contributed by atoms with Gasteiger partial charge in [0.05, 0.1) is 5.69 Å². The van der Waals surface area contributed by atoms with Gasteiger partial charge >= 0.3 is 0 Å². The molecule has 1 N–H and O–H groups in total. The number of aliphatic hydroxyl groups excluding tert-OH is 1. The van der Waals surface area contributed by atoms with Crippen molar-refractivity contribution in [3.8, 4) is 0 Å². The maximum Gasteiger partial charge on any atom is 0.185 e. The van der Waals surface area contributed by atoms with Gasteiger partial charge in [0, 0.05) is 44.2 Å². The van der Waals surface area contributed by atoms with Gasteiger partial charge in [0.1, 0.15) is 0 Å². The average Bonchev–Trinajstić information content (AvgIpc) is 2.73. The smallest absolute Gasteiger partial charge is 0.185 e. The first kappa shape index (κ1) is 12.8. The predicted molar refractivity (Wildman–Crippen MR) is 71.8 cm³/mol. The quantitative estimate of drug-likeness (QED) is 0.881. The van der Waals surface area contributed by atoms with E-state index < -0.39 is 0 Å². The van der Waals surface area contributed by atoms with E-state index >= 15 is 0 Å². The van der Waals surface area contributed by atoms with Crippen LogP contribution in [-0.4, -0.2) is 53.8 Å². The molecule has 0 aromatic carbocycles. The van der Waals surface area contributed by atoms with Crippen LogP contribution in [0.2, 0.25) is 0 Å². The Hall–Kier alpha value is -0.650. The first-order chi connectivity index (χ1) is 8.20. The average molecular weight is 255 g/mol. The Morgan fingerprint density at radius 2 is 2.35 bits per heavy atom. The summed E-state index contributed by atoms with van der Waals surface area (Å²) in [5.41, 5.74) is 1.11. The summed E-state index contributed by atoms with van der Waals surface area (Å²) in [7, 11) is 0. The van der Waals surface area contributed by atoms with Crippen molar-refractivity contribution in [1.29, 1.82) is 0 Å². The molecule has 96 valence electrons. The Labute approximate surface area is 107 Å². The second-order valence-electron chi connectivity index (χ2n) is 4.69. The van der Waals surface area contributed by atoms with Crippen molar-refractivity contribution in [2.75, 3.05) is 37.7 Å². The molecule has 5 heteroatoms. The van der Waals surface area contributed by atoms with Crippen molar-refractivity contribution in [2.45, 2.75) is 26.3 Å². The van der Waals surface area contributed by atoms with Gasteiger partial charge in [0.2, 0.25) is 0 Å². The normalized spacial score (nSPS) is 22.1. The highest BCUT2D eigenvalue weighted by molar-refractivity contribution is 7.13. The number of nitrogens with zero attached hydrogens (tertiary/aromatic N) is 3. The summed E-state index contributed by atoms with van der Waals surface area (Å²) in [5, 5.41) is 12.1. The van der Waals surface area contributed by atoms with Gasteiger partial charge in [-0.25, -0.2) is 4.98 Å². The van der Waals surface area contributed by atoms with E-state index in [9.17, 15) is 0 Å². The van der Waals surface area contributed by atoms with Gasteiger partial charge in [0.25, 0.3) is 0 Å². The molecule has 0 unspecified atom stereocenters. The Morgan fingerprint density at radius 1 is 1.53 bits per heavy atom. The molecule has 1 aliphatic heterocycles. The summed E-state index contributed by atoms with van der Waals surface area (Å²) in [6.07, 6.45) is 0.878. The first-order valence-corrected chi connectivity index (χ1v) is 7.10. The van der Waals surface area contributed by atoms with Gasteiger partial charge in [-0.3, -0.25) is 4.90 Å². The molecular formula is C12H21N3OS. The first-order valence-electron chi connectivity index (χ1n) is 6.22. The SMILES string of the molecule is Cc1csc(N2CCN(CCCO)C[C@H]2C)n1. The Bertz CT molecular complexity index is 355. The van der Waals surface area contributed by atoms with Crippen molar-refractivity contribution in [3.05, 3.63) is 11.1 Å². The van der Waals surface area contributed by atoms with Crippen LogP contribution in [0.3, 0.4) is 0 Å². The van der Waals surface area contributed by atoms with E-state index in [1.165, 1.54) is 0 Å². The lowest BCUT2D eigenvalue weighted by Crippen LogP contribution is -2.52. The minimum atomic E-state index is 0.292. The number of aryl methyl sites for hydroxylation is 1. The highest BCUT2D eigenvalue weighted by atomic mass is 32.1. The lowest BCUT2D eigenvalue weighted by atomic mass is 10.2. The Balaban J connectivity index is 1.91. The number of piperazine rings is 1. The largest absolute Gasteiger partial charge is 0.396 e. The molecule has 0 aliphatic carbocycles. The summed E-state index contributed by atoms with van der Waals surface area (Å²) >= 11 is 1.74. The van der Waals surface area contributed by atoms with Crippen LogP contribution in [0.1, 0.15) is 19.0 Å². The third-order valence-corrected chi connectivity index (χ3v) is 4.19. The van der Waals surface area contributed by atoms with Crippen LogP contribution in [0.25, 0.3) is 0 Å². The summed E-state index contributed by atoms with van der Waals surface area (Å²) in [6.45, 7) is 8.77. The lowest BCUT2D eigenvalue weighted by Gasteiger charge is -2.39. The molecule has 17 heavy (non-hydrogen) atoms. The molecule has 1 atom stereocenters.